The van der Waals surface area contributed by atoms with Crippen molar-refractivity contribution in [2.24, 2.45) is 5.92 Å². The molecule has 1 atom stereocenters. The first-order chi connectivity index (χ1) is 10.2. The van der Waals surface area contributed by atoms with Crippen molar-refractivity contribution in [3.8, 4) is 11.5 Å². The van der Waals surface area contributed by atoms with E-state index >= 15 is 0 Å². The Kier molecular flexibility index (Phi) is 6.33. The van der Waals surface area contributed by atoms with Gasteiger partial charge in [-0.25, -0.2) is 0 Å². The van der Waals surface area contributed by atoms with Crippen molar-refractivity contribution in [3.05, 3.63) is 23.8 Å². The molecule has 0 radical (unpaired) electrons. The van der Waals surface area contributed by atoms with Crippen molar-refractivity contribution >= 4 is 0 Å². The van der Waals surface area contributed by atoms with Gasteiger partial charge < -0.3 is 19.7 Å². The number of nitrogens with one attached hydrogen (secondary N) is 1. The third-order valence-electron chi connectivity index (χ3n) is 4.01. The van der Waals surface area contributed by atoms with E-state index in [2.05, 4.69) is 29.4 Å². The zero-order chi connectivity index (χ0) is 15.1. The number of ether oxygens (including phenoxy) is 2. The molecule has 1 saturated heterocycles. The first-order valence-corrected chi connectivity index (χ1v) is 7.92. The van der Waals surface area contributed by atoms with Gasteiger partial charge in [-0.15, -0.1) is 0 Å². The maximum absolute atomic E-state index is 5.62. The summed E-state index contributed by atoms with van der Waals surface area (Å²) in [6.45, 7) is 7.06. The number of hydrogen-bond donors (Lipinski definition) is 1. The van der Waals surface area contributed by atoms with Crippen LogP contribution in [-0.2, 0) is 6.54 Å². The smallest absolute Gasteiger partial charge is 0.161 e. The van der Waals surface area contributed by atoms with Crippen molar-refractivity contribution < 1.29 is 9.47 Å². The van der Waals surface area contributed by atoms with E-state index in [1.807, 2.05) is 13.0 Å². The lowest BCUT2D eigenvalue weighted by Gasteiger charge is -2.29. The van der Waals surface area contributed by atoms with Gasteiger partial charge in [0.2, 0.25) is 0 Å². The average Bonchev–Trinajstić information content (AvgIpc) is 2.48. The predicted octanol–water partition coefficient (Wildman–Crippen LogP) is 2.53. The van der Waals surface area contributed by atoms with Crippen LogP contribution in [0.5, 0.6) is 11.5 Å². The highest BCUT2D eigenvalue weighted by Crippen LogP contribution is 2.28. The van der Waals surface area contributed by atoms with E-state index in [9.17, 15) is 0 Å². The Labute approximate surface area is 128 Å². The summed E-state index contributed by atoms with van der Waals surface area (Å²) in [5.41, 5.74) is 1.24. The quantitative estimate of drug-likeness (QED) is 0.837. The number of rotatable bonds is 7. The third-order valence-corrected chi connectivity index (χ3v) is 4.01. The summed E-state index contributed by atoms with van der Waals surface area (Å²) in [4.78, 5) is 2.43. The molecule has 4 heteroatoms. The van der Waals surface area contributed by atoms with E-state index < -0.39 is 0 Å². The monoisotopic (exact) mass is 292 g/mol. The first kappa shape index (κ1) is 16.1. The van der Waals surface area contributed by atoms with Gasteiger partial charge in [0.1, 0.15) is 0 Å². The van der Waals surface area contributed by atoms with Gasteiger partial charge in [0.15, 0.2) is 11.5 Å². The van der Waals surface area contributed by atoms with E-state index in [-0.39, 0.29) is 0 Å². The third kappa shape index (κ3) is 4.90. The minimum absolute atomic E-state index is 0.654. The van der Waals surface area contributed by atoms with Crippen LogP contribution in [0, 0.1) is 5.92 Å². The molecule has 21 heavy (non-hydrogen) atoms. The lowest BCUT2D eigenvalue weighted by molar-refractivity contribution is 0.206. The topological polar surface area (TPSA) is 33.7 Å². The van der Waals surface area contributed by atoms with Crippen molar-refractivity contribution in [1.29, 1.82) is 0 Å². The molecule has 0 aliphatic carbocycles. The highest BCUT2D eigenvalue weighted by molar-refractivity contribution is 5.42. The van der Waals surface area contributed by atoms with Gasteiger partial charge in [-0.2, -0.15) is 0 Å². The Morgan fingerprint density at radius 2 is 2.19 bits per heavy atom. The van der Waals surface area contributed by atoms with E-state index in [4.69, 9.17) is 9.47 Å². The maximum Gasteiger partial charge on any atom is 0.161 e. The van der Waals surface area contributed by atoms with Gasteiger partial charge >= 0.3 is 0 Å². The van der Waals surface area contributed by atoms with Gasteiger partial charge in [-0.1, -0.05) is 6.07 Å². The van der Waals surface area contributed by atoms with Crippen LogP contribution in [0.4, 0.5) is 0 Å². The standard InChI is InChI=1S/C17H28N2O2/c1-4-21-17-10-14(7-8-16(17)20-3)11-18-12-15-6-5-9-19(2)13-15/h7-8,10,15,18H,4-6,9,11-13H2,1-3H3/t15-/m0/s1. The highest BCUT2D eigenvalue weighted by Gasteiger charge is 2.16. The molecule has 0 amide bonds. The molecule has 1 heterocycles. The number of piperidine rings is 1. The molecule has 0 aromatic heterocycles. The summed E-state index contributed by atoms with van der Waals surface area (Å²) >= 11 is 0. The molecule has 1 aromatic carbocycles. The van der Waals surface area contributed by atoms with Crippen molar-refractivity contribution in [2.45, 2.75) is 26.3 Å². The molecular formula is C17H28N2O2. The molecule has 118 valence electrons. The van der Waals surface area contributed by atoms with Gasteiger partial charge in [0, 0.05) is 13.1 Å². The van der Waals surface area contributed by atoms with Gasteiger partial charge in [-0.05, 0) is 63.5 Å². The largest absolute Gasteiger partial charge is 0.493 e. The van der Waals surface area contributed by atoms with Crippen LogP contribution < -0.4 is 14.8 Å². The Bertz CT molecular complexity index is 437. The van der Waals surface area contributed by atoms with E-state index in [1.54, 1.807) is 7.11 Å². The molecule has 1 fully saturated rings. The molecule has 1 aliphatic rings. The minimum atomic E-state index is 0.654. The summed E-state index contributed by atoms with van der Waals surface area (Å²) in [6, 6.07) is 6.15. The lowest BCUT2D eigenvalue weighted by Crippen LogP contribution is -2.37. The lowest BCUT2D eigenvalue weighted by atomic mass is 9.98. The predicted molar refractivity (Wildman–Crippen MR) is 86.1 cm³/mol. The Morgan fingerprint density at radius 3 is 2.90 bits per heavy atom. The Morgan fingerprint density at radius 1 is 1.33 bits per heavy atom. The summed E-state index contributed by atoms with van der Waals surface area (Å²) in [6.07, 6.45) is 2.66. The van der Waals surface area contributed by atoms with E-state index in [1.165, 1.54) is 31.5 Å². The minimum Gasteiger partial charge on any atom is -0.493 e. The van der Waals surface area contributed by atoms with Crippen molar-refractivity contribution in [3.63, 3.8) is 0 Å². The molecule has 1 aliphatic heterocycles. The zero-order valence-corrected chi connectivity index (χ0v) is 13.5. The van der Waals surface area contributed by atoms with Crippen LogP contribution in [0.15, 0.2) is 18.2 Å². The van der Waals surface area contributed by atoms with Crippen LogP contribution in [0.25, 0.3) is 0 Å². The van der Waals surface area contributed by atoms with E-state index in [0.717, 1.165) is 30.5 Å². The fraction of sp³-hybridized carbons (Fsp3) is 0.647. The fourth-order valence-electron chi connectivity index (χ4n) is 2.96. The summed E-state index contributed by atoms with van der Waals surface area (Å²) in [7, 11) is 3.89. The number of likely N-dealkylation sites (tertiary alicyclic amines) is 1. The number of hydrogen-bond acceptors (Lipinski definition) is 4. The number of benzene rings is 1. The second-order valence-corrected chi connectivity index (χ2v) is 5.82. The highest BCUT2D eigenvalue weighted by atomic mass is 16.5. The number of nitrogens with zero attached hydrogens (tertiary/aromatic N) is 1. The molecule has 2 rings (SSSR count). The van der Waals surface area contributed by atoms with Gasteiger partial charge in [0.05, 0.1) is 13.7 Å². The molecule has 1 aromatic rings. The summed E-state index contributed by atoms with van der Waals surface area (Å²) in [5.74, 6) is 2.40. The summed E-state index contributed by atoms with van der Waals surface area (Å²) in [5, 5.41) is 3.58. The molecule has 0 saturated carbocycles. The Hall–Kier alpha value is -1.26. The zero-order valence-electron chi connectivity index (χ0n) is 13.5. The van der Waals surface area contributed by atoms with Crippen molar-refractivity contribution in [1.82, 2.24) is 10.2 Å². The molecule has 1 N–H and O–H groups in total. The second kappa shape index (κ2) is 8.25. The molecule has 0 spiro atoms. The van der Waals surface area contributed by atoms with Crippen molar-refractivity contribution in [2.75, 3.05) is 40.4 Å². The van der Waals surface area contributed by atoms with Crippen LogP contribution in [0.3, 0.4) is 0 Å². The first-order valence-electron chi connectivity index (χ1n) is 7.92. The average molecular weight is 292 g/mol. The fourth-order valence-corrected chi connectivity index (χ4v) is 2.96. The van der Waals surface area contributed by atoms with Crippen LogP contribution in [-0.4, -0.2) is 45.3 Å². The van der Waals surface area contributed by atoms with Crippen LogP contribution >= 0.6 is 0 Å². The second-order valence-electron chi connectivity index (χ2n) is 5.82. The SMILES string of the molecule is CCOc1cc(CNC[C@@H]2CCCN(C)C2)ccc1OC. The maximum atomic E-state index is 5.62. The molecule has 0 unspecified atom stereocenters. The normalized spacial score (nSPS) is 19.5. The van der Waals surface area contributed by atoms with Gasteiger partial charge in [0.25, 0.3) is 0 Å². The molecule has 0 bridgehead atoms. The molecule has 4 nitrogen and oxygen atoms in total. The summed E-state index contributed by atoms with van der Waals surface area (Å²) < 4.78 is 10.9. The molecular weight excluding hydrogens is 264 g/mol. The van der Waals surface area contributed by atoms with Crippen LogP contribution in [0.2, 0.25) is 0 Å². The Balaban J connectivity index is 1.83. The van der Waals surface area contributed by atoms with E-state index in [0.29, 0.717) is 6.61 Å². The van der Waals surface area contributed by atoms with Crippen LogP contribution in [0.1, 0.15) is 25.3 Å². The van der Waals surface area contributed by atoms with Gasteiger partial charge in [-0.3, -0.25) is 0 Å². The number of methoxy groups -OCH3 is 1.